The number of benzene rings is 2. The zero-order valence-corrected chi connectivity index (χ0v) is 19.4. The Morgan fingerprint density at radius 2 is 2.03 bits per heavy atom. The molecule has 2 aliphatic heterocycles. The summed E-state index contributed by atoms with van der Waals surface area (Å²) < 4.78 is 27.3. The minimum atomic E-state index is -3.67. The van der Waals surface area contributed by atoms with Crippen molar-refractivity contribution in [2.24, 2.45) is 4.99 Å². The van der Waals surface area contributed by atoms with E-state index in [2.05, 4.69) is 15.0 Å². The third-order valence-corrected chi connectivity index (χ3v) is 7.22. The molecule has 33 heavy (non-hydrogen) atoms. The number of unbranched alkanes of at least 4 members (excludes halogenated alkanes) is 1. The molecule has 1 unspecified atom stereocenters. The van der Waals surface area contributed by atoms with Crippen molar-refractivity contribution in [1.82, 2.24) is 9.62 Å². The van der Waals surface area contributed by atoms with Crippen molar-refractivity contribution in [2.75, 3.05) is 11.9 Å². The molecule has 0 radical (unpaired) electrons. The predicted octanol–water partition coefficient (Wildman–Crippen LogP) is 3.05. The third-order valence-electron chi connectivity index (χ3n) is 5.82. The van der Waals surface area contributed by atoms with Crippen molar-refractivity contribution >= 4 is 33.4 Å². The molecule has 4 rings (SSSR count). The highest BCUT2D eigenvalue weighted by atomic mass is 32.2. The normalized spacial score (nSPS) is 18.8. The van der Waals surface area contributed by atoms with Gasteiger partial charge in [-0.1, -0.05) is 44.0 Å². The first kappa shape index (κ1) is 23.0. The Hall–Kier alpha value is -3.20. The Kier molecular flexibility index (Phi) is 6.78. The van der Waals surface area contributed by atoms with Crippen LogP contribution < -0.4 is 10.0 Å². The van der Waals surface area contributed by atoms with Crippen molar-refractivity contribution < 1.29 is 18.0 Å². The largest absolute Gasteiger partial charge is 0.338 e. The molecular formula is C24H28N4O4S. The van der Waals surface area contributed by atoms with Gasteiger partial charge in [0.2, 0.25) is 11.8 Å². The molecule has 0 aliphatic carbocycles. The highest BCUT2D eigenvalue weighted by molar-refractivity contribution is 7.90. The molecule has 0 spiro atoms. The second-order valence-corrected chi connectivity index (χ2v) is 10.00. The molecule has 2 aromatic rings. The molecule has 174 valence electrons. The lowest BCUT2D eigenvalue weighted by Crippen LogP contribution is -2.31. The van der Waals surface area contributed by atoms with Crippen LogP contribution in [-0.4, -0.2) is 43.6 Å². The van der Waals surface area contributed by atoms with Gasteiger partial charge in [0.1, 0.15) is 11.9 Å². The van der Waals surface area contributed by atoms with E-state index in [4.69, 9.17) is 0 Å². The fourth-order valence-corrected chi connectivity index (χ4v) is 5.34. The smallest absolute Gasteiger partial charge is 0.263 e. The molecule has 2 aliphatic rings. The number of hydrogen-bond acceptors (Lipinski definition) is 5. The summed E-state index contributed by atoms with van der Waals surface area (Å²) in [4.78, 5) is 31.6. The summed E-state index contributed by atoms with van der Waals surface area (Å²) in [7, 11) is -3.67. The predicted molar refractivity (Wildman–Crippen MR) is 126 cm³/mol. The molecule has 0 bridgehead atoms. The first-order valence-electron chi connectivity index (χ1n) is 11.2. The Morgan fingerprint density at radius 3 is 2.79 bits per heavy atom. The summed E-state index contributed by atoms with van der Waals surface area (Å²) in [5, 5.41) is 2.92. The van der Waals surface area contributed by atoms with Gasteiger partial charge in [0, 0.05) is 30.8 Å². The number of hydrogen-bond donors (Lipinski definition) is 2. The molecular weight excluding hydrogens is 440 g/mol. The Labute approximate surface area is 194 Å². The lowest BCUT2D eigenvalue weighted by Gasteiger charge is -2.17. The molecule has 2 heterocycles. The first-order valence-corrected chi connectivity index (χ1v) is 12.7. The first-order chi connectivity index (χ1) is 15.9. The average molecular weight is 469 g/mol. The number of rotatable bonds is 8. The van der Waals surface area contributed by atoms with Crippen molar-refractivity contribution in [2.45, 2.75) is 56.5 Å². The zero-order valence-electron chi connectivity index (χ0n) is 18.6. The van der Waals surface area contributed by atoms with Gasteiger partial charge in [0.25, 0.3) is 10.0 Å². The van der Waals surface area contributed by atoms with Crippen LogP contribution in [-0.2, 0) is 26.2 Å². The van der Waals surface area contributed by atoms with Gasteiger partial charge in [-0.2, -0.15) is 0 Å². The molecule has 1 saturated heterocycles. The summed E-state index contributed by atoms with van der Waals surface area (Å²) in [5.74, 6) is 0.0521. The van der Waals surface area contributed by atoms with E-state index in [0.29, 0.717) is 30.6 Å². The van der Waals surface area contributed by atoms with Crippen LogP contribution in [0, 0.1) is 0 Å². The van der Waals surface area contributed by atoms with Gasteiger partial charge < -0.3 is 10.2 Å². The van der Waals surface area contributed by atoms with Crippen LogP contribution in [0.15, 0.2) is 58.4 Å². The van der Waals surface area contributed by atoms with Crippen LogP contribution in [0.2, 0.25) is 0 Å². The maximum absolute atomic E-state index is 13.1. The van der Waals surface area contributed by atoms with E-state index < -0.39 is 16.1 Å². The van der Waals surface area contributed by atoms with Gasteiger partial charge >= 0.3 is 0 Å². The number of carbonyl (C=O) groups excluding carboxylic acids is 2. The Bertz CT molecular complexity index is 1190. The van der Waals surface area contributed by atoms with Crippen molar-refractivity contribution in [1.29, 1.82) is 0 Å². The second kappa shape index (κ2) is 9.74. The van der Waals surface area contributed by atoms with Gasteiger partial charge in [0.05, 0.1) is 4.90 Å². The fraction of sp³-hybridized carbons (Fsp3) is 0.375. The van der Waals surface area contributed by atoms with E-state index >= 15 is 0 Å². The number of likely N-dealkylation sites (tertiary alicyclic amines) is 1. The molecule has 9 heteroatoms. The third kappa shape index (κ3) is 5.24. The maximum atomic E-state index is 13.1. The number of nitrogens with zero attached hydrogens (tertiary/aromatic N) is 2. The molecule has 2 N–H and O–H groups in total. The minimum absolute atomic E-state index is 0.152. The van der Waals surface area contributed by atoms with Crippen LogP contribution in [0.1, 0.15) is 50.2 Å². The van der Waals surface area contributed by atoms with Gasteiger partial charge in [0.15, 0.2) is 0 Å². The van der Waals surface area contributed by atoms with Crippen LogP contribution in [0.4, 0.5) is 5.69 Å². The molecule has 0 aromatic heterocycles. The number of anilines is 1. The number of nitrogens with one attached hydrogen (secondary N) is 2. The van der Waals surface area contributed by atoms with Crippen LogP contribution in [0.5, 0.6) is 0 Å². The van der Waals surface area contributed by atoms with E-state index in [1.165, 1.54) is 6.07 Å². The lowest BCUT2D eigenvalue weighted by molar-refractivity contribution is -0.128. The van der Waals surface area contributed by atoms with Gasteiger partial charge in [-0.3, -0.25) is 19.3 Å². The number of amidine groups is 1. The molecule has 1 atom stereocenters. The molecule has 2 aromatic carbocycles. The number of sulfonamides is 1. The standard InChI is InChI=1S/C24H28N4O4S/c1-2-3-11-20(26-23-19-10-4-5-12-21(19)33(31,32)27-23)24(30)25-18-9-6-8-17(15-18)16-28-14-7-13-22(28)29/h4-6,8-10,12,15,20H,2-3,7,11,13-14,16H2,1H3,(H,25,30)(H,26,27). The number of aliphatic imine (C=N–C) groups is 1. The number of fused-ring (bicyclic) bond motifs is 1. The summed E-state index contributed by atoms with van der Waals surface area (Å²) in [5.41, 5.74) is 2.04. The summed E-state index contributed by atoms with van der Waals surface area (Å²) in [6.07, 6.45) is 3.62. The average Bonchev–Trinajstić information content (AvgIpc) is 3.31. The highest BCUT2D eigenvalue weighted by Crippen LogP contribution is 2.24. The number of amides is 2. The van der Waals surface area contributed by atoms with E-state index in [9.17, 15) is 18.0 Å². The van der Waals surface area contributed by atoms with Crippen LogP contribution in [0.25, 0.3) is 0 Å². The van der Waals surface area contributed by atoms with Crippen molar-refractivity contribution in [3.63, 3.8) is 0 Å². The van der Waals surface area contributed by atoms with Crippen molar-refractivity contribution in [3.05, 3.63) is 59.7 Å². The van der Waals surface area contributed by atoms with Gasteiger partial charge in [-0.25, -0.2) is 8.42 Å². The Balaban J connectivity index is 1.53. The van der Waals surface area contributed by atoms with Gasteiger partial charge in [-0.05, 0) is 42.7 Å². The Morgan fingerprint density at radius 1 is 1.21 bits per heavy atom. The van der Waals surface area contributed by atoms with Crippen molar-refractivity contribution in [3.8, 4) is 0 Å². The fourth-order valence-electron chi connectivity index (χ4n) is 4.10. The van der Waals surface area contributed by atoms with Gasteiger partial charge in [-0.15, -0.1) is 0 Å². The summed E-state index contributed by atoms with van der Waals surface area (Å²) >= 11 is 0. The zero-order chi connectivity index (χ0) is 23.4. The SMILES string of the molecule is CCCCC(N=C1NS(=O)(=O)c2ccccc21)C(=O)Nc1cccc(CN2CCCC2=O)c1. The number of carbonyl (C=O) groups is 2. The molecule has 0 saturated carbocycles. The lowest BCUT2D eigenvalue weighted by atomic mass is 10.1. The second-order valence-electron chi connectivity index (χ2n) is 8.35. The molecule has 1 fully saturated rings. The molecule has 8 nitrogen and oxygen atoms in total. The maximum Gasteiger partial charge on any atom is 0.263 e. The molecule has 2 amide bonds. The topological polar surface area (TPSA) is 108 Å². The van der Waals surface area contributed by atoms with E-state index in [-0.39, 0.29) is 22.5 Å². The summed E-state index contributed by atoms with van der Waals surface area (Å²) in [6, 6.07) is 13.3. The monoisotopic (exact) mass is 468 g/mol. The summed E-state index contributed by atoms with van der Waals surface area (Å²) in [6.45, 7) is 3.30. The van der Waals surface area contributed by atoms with Crippen LogP contribution >= 0.6 is 0 Å². The van der Waals surface area contributed by atoms with E-state index in [0.717, 1.165) is 31.4 Å². The van der Waals surface area contributed by atoms with E-state index in [1.54, 1.807) is 24.3 Å². The highest BCUT2D eigenvalue weighted by Gasteiger charge is 2.31. The minimum Gasteiger partial charge on any atom is -0.338 e. The van der Waals surface area contributed by atoms with E-state index in [1.807, 2.05) is 30.0 Å². The quantitative estimate of drug-likeness (QED) is 0.621. The van der Waals surface area contributed by atoms with Crippen LogP contribution in [0.3, 0.4) is 0 Å².